The fourth-order valence-electron chi connectivity index (χ4n) is 3.34. The van der Waals surface area contributed by atoms with Gasteiger partial charge in [-0.05, 0) is 52.4 Å². The van der Waals surface area contributed by atoms with Crippen molar-refractivity contribution < 1.29 is 0 Å². The first-order valence-electron chi connectivity index (χ1n) is 9.61. The Bertz CT molecular complexity index is 1080. The van der Waals surface area contributed by atoms with Gasteiger partial charge in [0.2, 0.25) is 0 Å². The summed E-state index contributed by atoms with van der Waals surface area (Å²) in [6.07, 6.45) is 0. The van der Waals surface area contributed by atoms with Crippen molar-refractivity contribution in [2.75, 3.05) is 0 Å². The van der Waals surface area contributed by atoms with E-state index in [9.17, 15) is 0 Å². The molecule has 4 aromatic rings. The lowest BCUT2D eigenvalue weighted by Gasteiger charge is -2.07. The van der Waals surface area contributed by atoms with Crippen molar-refractivity contribution in [2.24, 2.45) is 4.99 Å². The summed E-state index contributed by atoms with van der Waals surface area (Å²) < 4.78 is 0. The molecule has 1 nitrogen and oxygen atoms in total. The van der Waals surface area contributed by atoms with Crippen molar-refractivity contribution in [3.63, 3.8) is 0 Å². The smallest absolute Gasteiger partial charge is 0.0643 e. The number of nitrogens with zero attached hydrogens (tertiary/aromatic N) is 1. The Balaban J connectivity index is 1.54. The second-order valence-corrected chi connectivity index (χ2v) is 6.91. The quantitative estimate of drug-likeness (QED) is 0.338. The summed E-state index contributed by atoms with van der Waals surface area (Å²) in [6.45, 7) is 2.77. The number of hydrogen-bond donors (Lipinski definition) is 0. The molecule has 0 aliphatic heterocycles. The third-order valence-electron chi connectivity index (χ3n) is 4.92. The molecule has 0 aliphatic rings. The van der Waals surface area contributed by atoms with Gasteiger partial charge < -0.3 is 0 Å². The molecule has 0 N–H and O–H groups in total. The van der Waals surface area contributed by atoms with Gasteiger partial charge in [0.25, 0.3) is 0 Å². The van der Waals surface area contributed by atoms with Crippen LogP contribution in [0.5, 0.6) is 0 Å². The van der Waals surface area contributed by atoms with Gasteiger partial charge in [-0.3, -0.25) is 4.99 Å². The maximum absolute atomic E-state index is 4.85. The highest BCUT2D eigenvalue weighted by molar-refractivity contribution is 5.99. The highest BCUT2D eigenvalue weighted by atomic mass is 14.7. The van der Waals surface area contributed by atoms with Gasteiger partial charge in [-0.15, -0.1) is 0 Å². The molecule has 0 aliphatic carbocycles. The predicted octanol–water partition coefficient (Wildman–Crippen LogP) is 7.03. The molecule has 1 heteroatoms. The van der Waals surface area contributed by atoms with Crippen LogP contribution in [0.4, 0.5) is 0 Å². The van der Waals surface area contributed by atoms with E-state index in [2.05, 4.69) is 104 Å². The van der Waals surface area contributed by atoms with E-state index >= 15 is 0 Å². The molecule has 0 spiro atoms. The van der Waals surface area contributed by atoms with Crippen LogP contribution in [-0.2, 0) is 6.54 Å². The zero-order valence-corrected chi connectivity index (χ0v) is 16.0. The van der Waals surface area contributed by atoms with Gasteiger partial charge in [0.05, 0.1) is 6.54 Å². The van der Waals surface area contributed by atoms with E-state index in [1.165, 1.54) is 33.4 Å². The van der Waals surface area contributed by atoms with E-state index in [0.29, 0.717) is 6.54 Å². The lowest BCUT2D eigenvalue weighted by atomic mass is 10.0. The Morgan fingerprint density at radius 1 is 0.571 bits per heavy atom. The average Bonchev–Trinajstić information content (AvgIpc) is 2.79. The standard InChI is InChI=1S/C27H23N/c1-21(25-15-9-17-27(19-25)24-13-6-3-7-14-24)28-20-22-10-8-16-26(18-22)23-11-4-2-5-12-23/h2-19H,20H2,1H3. The van der Waals surface area contributed by atoms with Crippen molar-refractivity contribution in [3.8, 4) is 22.3 Å². The normalized spacial score (nSPS) is 11.4. The summed E-state index contributed by atoms with van der Waals surface area (Å²) in [6, 6.07) is 38.2. The van der Waals surface area contributed by atoms with E-state index in [1.807, 2.05) is 12.1 Å². The molecule has 28 heavy (non-hydrogen) atoms. The molecule has 0 saturated heterocycles. The Hall–Kier alpha value is -3.45. The molecule has 0 bridgehead atoms. The van der Waals surface area contributed by atoms with Gasteiger partial charge in [0.15, 0.2) is 0 Å². The van der Waals surface area contributed by atoms with E-state index < -0.39 is 0 Å². The zero-order chi connectivity index (χ0) is 19.2. The minimum absolute atomic E-state index is 0.683. The Kier molecular flexibility index (Phi) is 5.44. The highest BCUT2D eigenvalue weighted by Gasteiger charge is 2.03. The monoisotopic (exact) mass is 361 g/mol. The molecule has 0 unspecified atom stereocenters. The maximum Gasteiger partial charge on any atom is 0.0643 e. The van der Waals surface area contributed by atoms with Gasteiger partial charge in [0, 0.05) is 5.71 Å². The van der Waals surface area contributed by atoms with Gasteiger partial charge >= 0.3 is 0 Å². The fraction of sp³-hybridized carbons (Fsp3) is 0.0741. The summed E-state index contributed by atoms with van der Waals surface area (Å²) in [7, 11) is 0. The van der Waals surface area contributed by atoms with Crippen molar-refractivity contribution in [1.82, 2.24) is 0 Å². The molecule has 136 valence electrons. The van der Waals surface area contributed by atoms with Gasteiger partial charge in [-0.2, -0.15) is 0 Å². The van der Waals surface area contributed by atoms with E-state index in [-0.39, 0.29) is 0 Å². The summed E-state index contributed by atoms with van der Waals surface area (Å²) in [5.74, 6) is 0. The minimum Gasteiger partial charge on any atom is -0.285 e. The van der Waals surface area contributed by atoms with E-state index in [4.69, 9.17) is 4.99 Å². The fourth-order valence-corrected chi connectivity index (χ4v) is 3.34. The Morgan fingerprint density at radius 3 is 1.75 bits per heavy atom. The molecule has 0 atom stereocenters. The van der Waals surface area contributed by atoms with Crippen LogP contribution in [0, 0.1) is 0 Å². The topological polar surface area (TPSA) is 12.4 Å². The molecule has 4 rings (SSSR count). The lowest BCUT2D eigenvalue weighted by Crippen LogP contribution is -1.96. The second-order valence-electron chi connectivity index (χ2n) is 6.91. The largest absolute Gasteiger partial charge is 0.285 e. The molecule has 0 amide bonds. The molecule has 0 aromatic heterocycles. The molecule has 0 heterocycles. The molecular weight excluding hydrogens is 338 g/mol. The first-order valence-corrected chi connectivity index (χ1v) is 9.61. The minimum atomic E-state index is 0.683. The van der Waals surface area contributed by atoms with Crippen molar-refractivity contribution in [3.05, 3.63) is 120 Å². The molecule has 0 fully saturated rings. The van der Waals surface area contributed by atoms with Crippen LogP contribution in [0.1, 0.15) is 18.1 Å². The van der Waals surface area contributed by atoms with Crippen LogP contribution in [-0.4, -0.2) is 5.71 Å². The SMILES string of the molecule is CC(=NCc1cccc(-c2ccccc2)c1)c1cccc(-c2ccccc2)c1. The number of rotatable bonds is 5. The summed E-state index contributed by atoms with van der Waals surface area (Å²) >= 11 is 0. The first kappa shape index (κ1) is 17.9. The van der Waals surface area contributed by atoms with Crippen LogP contribution in [0.3, 0.4) is 0 Å². The van der Waals surface area contributed by atoms with Crippen LogP contribution in [0.25, 0.3) is 22.3 Å². The molecule has 0 saturated carbocycles. The van der Waals surface area contributed by atoms with Crippen molar-refractivity contribution >= 4 is 5.71 Å². The van der Waals surface area contributed by atoms with Crippen LogP contribution < -0.4 is 0 Å². The summed E-state index contributed by atoms with van der Waals surface area (Å²) in [4.78, 5) is 4.85. The van der Waals surface area contributed by atoms with Crippen LogP contribution >= 0.6 is 0 Å². The molecule has 4 aromatic carbocycles. The lowest BCUT2D eigenvalue weighted by molar-refractivity contribution is 1.07. The second kappa shape index (κ2) is 8.49. The zero-order valence-electron chi connectivity index (χ0n) is 16.0. The van der Waals surface area contributed by atoms with Gasteiger partial charge in [-0.25, -0.2) is 0 Å². The average molecular weight is 361 g/mol. The number of hydrogen-bond acceptors (Lipinski definition) is 1. The third-order valence-corrected chi connectivity index (χ3v) is 4.92. The van der Waals surface area contributed by atoms with E-state index in [0.717, 1.165) is 5.71 Å². The Morgan fingerprint density at radius 2 is 1.11 bits per heavy atom. The number of aliphatic imine (C=N–C) groups is 1. The predicted molar refractivity (Wildman–Crippen MR) is 120 cm³/mol. The molecular formula is C27H23N. The number of benzene rings is 4. The third kappa shape index (κ3) is 4.27. The highest BCUT2D eigenvalue weighted by Crippen LogP contribution is 2.22. The summed E-state index contributed by atoms with van der Waals surface area (Å²) in [5.41, 5.74) is 8.37. The van der Waals surface area contributed by atoms with Crippen molar-refractivity contribution in [1.29, 1.82) is 0 Å². The van der Waals surface area contributed by atoms with Crippen molar-refractivity contribution in [2.45, 2.75) is 13.5 Å². The molecule has 0 radical (unpaired) electrons. The first-order chi connectivity index (χ1) is 13.8. The Labute approximate surface area is 167 Å². The van der Waals surface area contributed by atoms with E-state index in [1.54, 1.807) is 0 Å². The van der Waals surface area contributed by atoms with Gasteiger partial charge in [-0.1, -0.05) is 97.1 Å². The maximum atomic E-state index is 4.85. The van der Waals surface area contributed by atoms with Gasteiger partial charge in [0.1, 0.15) is 0 Å². The van der Waals surface area contributed by atoms with Crippen LogP contribution in [0.2, 0.25) is 0 Å². The van der Waals surface area contributed by atoms with Crippen LogP contribution in [0.15, 0.2) is 114 Å². The summed E-state index contributed by atoms with van der Waals surface area (Å²) in [5, 5.41) is 0.